The molecular formula is C19H12Cl2O2. The summed E-state index contributed by atoms with van der Waals surface area (Å²) in [6.45, 7) is 0. The topological polar surface area (TPSA) is 26.3 Å². The minimum absolute atomic E-state index is 0.133. The molecule has 0 aromatic heterocycles. The van der Waals surface area contributed by atoms with E-state index in [0.717, 1.165) is 10.8 Å². The lowest BCUT2D eigenvalue weighted by Gasteiger charge is -2.04. The third kappa shape index (κ3) is 3.55. The van der Waals surface area contributed by atoms with Crippen molar-refractivity contribution in [2.24, 2.45) is 0 Å². The van der Waals surface area contributed by atoms with Crippen LogP contribution >= 0.6 is 23.2 Å². The van der Waals surface area contributed by atoms with Crippen molar-refractivity contribution in [3.05, 3.63) is 88.6 Å². The number of halogens is 2. The van der Waals surface area contributed by atoms with E-state index in [1.165, 1.54) is 12.3 Å². The van der Waals surface area contributed by atoms with Crippen LogP contribution in [0.1, 0.15) is 10.4 Å². The van der Waals surface area contributed by atoms with E-state index in [1.807, 2.05) is 36.4 Å². The number of hydrogen-bond acceptors (Lipinski definition) is 2. The second kappa shape index (κ2) is 6.86. The van der Waals surface area contributed by atoms with Gasteiger partial charge in [0, 0.05) is 16.7 Å². The predicted molar refractivity (Wildman–Crippen MR) is 94.5 cm³/mol. The summed E-state index contributed by atoms with van der Waals surface area (Å²) in [4.78, 5) is 12.4. The van der Waals surface area contributed by atoms with Crippen LogP contribution in [0, 0.1) is 0 Å². The maximum absolute atomic E-state index is 12.4. The number of ketones is 1. The van der Waals surface area contributed by atoms with Gasteiger partial charge in [-0.25, -0.2) is 0 Å². The summed E-state index contributed by atoms with van der Waals surface area (Å²) in [6, 6.07) is 18.3. The van der Waals surface area contributed by atoms with Gasteiger partial charge < -0.3 is 4.74 Å². The van der Waals surface area contributed by atoms with Crippen LogP contribution in [0.3, 0.4) is 0 Å². The first-order valence-corrected chi connectivity index (χ1v) is 7.71. The molecule has 0 heterocycles. The first-order chi connectivity index (χ1) is 11.1. The quantitative estimate of drug-likeness (QED) is 0.334. The maximum Gasteiger partial charge on any atom is 0.189 e. The molecule has 0 amide bonds. The Kier molecular flexibility index (Phi) is 4.65. The largest absolute Gasteiger partial charge is 0.463 e. The summed E-state index contributed by atoms with van der Waals surface area (Å²) < 4.78 is 5.40. The second-order valence-electron chi connectivity index (χ2n) is 4.89. The van der Waals surface area contributed by atoms with E-state index in [0.29, 0.717) is 21.4 Å². The first kappa shape index (κ1) is 15.6. The fourth-order valence-corrected chi connectivity index (χ4v) is 2.72. The van der Waals surface area contributed by atoms with Crippen LogP contribution in [0.25, 0.3) is 10.8 Å². The van der Waals surface area contributed by atoms with Gasteiger partial charge in [0.25, 0.3) is 0 Å². The highest BCUT2D eigenvalue weighted by atomic mass is 35.5. The fourth-order valence-electron chi connectivity index (χ4n) is 2.27. The van der Waals surface area contributed by atoms with E-state index < -0.39 is 0 Å². The highest BCUT2D eigenvalue weighted by Crippen LogP contribution is 2.27. The normalized spacial score (nSPS) is 11.0. The Labute approximate surface area is 143 Å². The lowest BCUT2D eigenvalue weighted by Crippen LogP contribution is -1.96. The Morgan fingerprint density at radius 3 is 2.57 bits per heavy atom. The van der Waals surface area contributed by atoms with E-state index in [1.54, 1.807) is 24.3 Å². The Bertz CT molecular complexity index is 896. The van der Waals surface area contributed by atoms with Crippen molar-refractivity contribution in [3.8, 4) is 5.75 Å². The number of allylic oxidation sites excluding steroid dienone is 1. The molecule has 0 bridgehead atoms. The summed E-state index contributed by atoms with van der Waals surface area (Å²) in [5.41, 5.74) is 0.630. The zero-order chi connectivity index (χ0) is 16.2. The number of rotatable bonds is 4. The molecular weight excluding hydrogens is 331 g/mol. The van der Waals surface area contributed by atoms with Crippen molar-refractivity contribution < 1.29 is 9.53 Å². The number of carbonyl (C=O) groups is 1. The van der Waals surface area contributed by atoms with Crippen molar-refractivity contribution in [1.82, 2.24) is 0 Å². The van der Waals surface area contributed by atoms with Gasteiger partial charge in [-0.3, -0.25) is 4.79 Å². The van der Waals surface area contributed by atoms with Gasteiger partial charge in [-0.1, -0.05) is 65.7 Å². The monoisotopic (exact) mass is 342 g/mol. The number of hydrogen-bond donors (Lipinski definition) is 0. The third-order valence-corrected chi connectivity index (χ3v) is 3.89. The van der Waals surface area contributed by atoms with Gasteiger partial charge in [-0.2, -0.15) is 0 Å². The van der Waals surface area contributed by atoms with E-state index in [9.17, 15) is 4.79 Å². The molecule has 0 aliphatic rings. The molecule has 0 aliphatic heterocycles. The summed E-state index contributed by atoms with van der Waals surface area (Å²) in [7, 11) is 0. The smallest absolute Gasteiger partial charge is 0.189 e. The van der Waals surface area contributed by atoms with Crippen molar-refractivity contribution in [2.45, 2.75) is 0 Å². The lowest BCUT2D eigenvalue weighted by molar-refractivity contribution is 0.104. The second-order valence-corrected chi connectivity index (χ2v) is 5.73. The van der Waals surface area contributed by atoms with Crippen LogP contribution in [0.2, 0.25) is 10.0 Å². The van der Waals surface area contributed by atoms with Crippen molar-refractivity contribution in [3.63, 3.8) is 0 Å². The van der Waals surface area contributed by atoms with Gasteiger partial charge in [0.1, 0.15) is 5.75 Å². The van der Waals surface area contributed by atoms with E-state index >= 15 is 0 Å². The van der Waals surface area contributed by atoms with Crippen LogP contribution in [0.4, 0.5) is 0 Å². The summed E-state index contributed by atoms with van der Waals surface area (Å²) in [5, 5.41) is 2.85. The molecule has 4 heteroatoms. The van der Waals surface area contributed by atoms with Crippen LogP contribution < -0.4 is 4.74 Å². The third-order valence-electron chi connectivity index (χ3n) is 3.36. The number of fused-ring (bicyclic) bond motifs is 1. The van der Waals surface area contributed by atoms with E-state index in [4.69, 9.17) is 27.9 Å². The van der Waals surface area contributed by atoms with Crippen LogP contribution in [0.15, 0.2) is 73.0 Å². The van der Waals surface area contributed by atoms with E-state index in [-0.39, 0.29) is 5.78 Å². The minimum Gasteiger partial charge on any atom is -0.463 e. The standard InChI is InChI=1S/C19H12Cl2O2/c20-14-8-9-19(17(21)12-14)23-11-10-18(22)16-7-3-5-13-4-1-2-6-15(13)16/h1-12H/b11-10+. The average Bonchev–Trinajstić information content (AvgIpc) is 2.56. The minimum atomic E-state index is -0.133. The molecule has 0 fully saturated rings. The molecule has 0 unspecified atom stereocenters. The number of ether oxygens (including phenoxy) is 1. The highest BCUT2D eigenvalue weighted by Gasteiger charge is 2.07. The Morgan fingerprint density at radius 1 is 0.957 bits per heavy atom. The van der Waals surface area contributed by atoms with E-state index in [2.05, 4.69) is 0 Å². The first-order valence-electron chi connectivity index (χ1n) is 6.95. The van der Waals surface area contributed by atoms with Gasteiger partial charge in [-0.15, -0.1) is 0 Å². The zero-order valence-electron chi connectivity index (χ0n) is 12.0. The van der Waals surface area contributed by atoms with Gasteiger partial charge >= 0.3 is 0 Å². The Hall–Kier alpha value is -2.29. The molecule has 0 radical (unpaired) electrons. The zero-order valence-corrected chi connectivity index (χ0v) is 13.5. The molecule has 0 spiro atoms. The summed E-state index contributed by atoms with van der Waals surface area (Å²) in [5.74, 6) is 0.310. The van der Waals surface area contributed by atoms with Gasteiger partial charge in [0.15, 0.2) is 5.78 Å². The maximum atomic E-state index is 12.4. The van der Waals surface area contributed by atoms with Crippen LogP contribution in [0.5, 0.6) is 5.75 Å². The fraction of sp³-hybridized carbons (Fsp3) is 0. The molecule has 114 valence electrons. The molecule has 3 rings (SSSR count). The molecule has 3 aromatic carbocycles. The Balaban J connectivity index is 1.80. The number of carbonyl (C=O) groups excluding carboxylic acids is 1. The van der Waals surface area contributed by atoms with Gasteiger partial charge in [0.05, 0.1) is 11.3 Å². The average molecular weight is 343 g/mol. The molecule has 3 aromatic rings. The molecule has 23 heavy (non-hydrogen) atoms. The van der Waals surface area contributed by atoms with Crippen molar-refractivity contribution in [1.29, 1.82) is 0 Å². The Morgan fingerprint density at radius 2 is 1.74 bits per heavy atom. The molecule has 0 aliphatic carbocycles. The van der Waals surface area contributed by atoms with Gasteiger partial charge in [0.2, 0.25) is 0 Å². The van der Waals surface area contributed by atoms with Gasteiger partial charge in [-0.05, 0) is 29.0 Å². The number of benzene rings is 3. The molecule has 0 saturated heterocycles. The highest BCUT2D eigenvalue weighted by molar-refractivity contribution is 6.35. The molecule has 2 nitrogen and oxygen atoms in total. The molecule has 0 saturated carbocycles. The van der Waals surface area contributed by atoms with Crippen LogP contribution in [-0.4, -0.2) is 5.78 Å². The summed E-state index contributed by atoms with van der Waals surface area (Å²) >= 11 is 11.8. The predicted octanol–water partition coefficient (Wildman–Crippen LogP) is 5.92. The lowest BCUT2D eigenvalue weighted by atomic mass is 10.0. The van der Waals surface area contributed by atoms with Crippen molar-refractivity contribution >= 4 is 39.8 Å². The van der Waals surface area contributed by atoms with Crippen LogP contribution in [-0.2, 0) is 0 Å². The molecule has 0 atom stereocenters. The molecule has 0 N–H and O–H groups in total. The summed E-state index contributed by atoms with van der Waals surface area (Å²) in [6.07, 6.45) is 2.71. The van der Waals surface area contributed by atoms with Crippen molar-refractivity contribution in [2.75, 3.05) is 0 Å². The SMILES string of the molecule is O=C(/C=C/Oc1ccc(Cl)cc1Cl)c1cccc2ccccc12.